The maximum absolute atomic E-state index is 5.88. The zero-order valence-electron chi connectivity index (χ0n) is 8.24. The molecule has 2 N–H and O–H groups in total. The number of hydrogen-bond acceptors (Lipinski definition) is 4. The Bertz CT molecular complexity index is 448. The molecule has 2 aromatic heterocycles. The smallest absolute Gasteiger partial charge is 0.0948 e. The lowest BCUT2D eigenvalue weighted by molar-refractivity contribution is 0.734. The third-order valence-corrected chi connectivity index (χ3v) is 4.00. The van der Waals surface area contributed by atoms with E-state index < -0.39 is 0 Å². The van der Waals surface area contributed by atoms with E-state index in [1.165, 1.54) is 0 Å². The first-order valence-electron chi connectivity index (χ1n) is 4.61. The summed E-state index contributed by atoms with van der Waals surface area (Å²) in [5, 5.41) is 3.14. The largest absolute Gasteiger partial charge is 0.328 e. The summed E-state index contributed by atoms with van der Waals surface area (Å²) in [5.41, 5.74) is 6.73. The van der Waals surface area contributed by atoms with Crippen molar-refractivity contribution in [3.05, 3.63) is 26.9 Å². The van der Waals surface area contributed by atoms with E-state index >= 15 is 0 Å². The van der Waals surface area contributed by atoms with E-state index in [4.69, 9.17) is 17.3 Å². The predicted octanol–water partition coefficient (Wildman–Crippen LogP) is 3.41. The highest BCUT2D eigenvalue weighted by Gasteiger charge is 2.08. The minimum Gasteiger partial charge on any atom is -0.328 e. The van der Waals surface area contributed by atoms with Gasteiger partial charge in [-0.1, -0.05) is 11.6 Å². The van der Waals surface area contributed by atoms with Gasteiger partial charge in [0.15, 0.2) is 0 Å². The Morgan fingerprint density at radius 3 is 2.93 bits per heavy atom. The summed E-state index contributed by atoms with van der Waals surface area (Å²) < 4.78 is 0.798. The van der Waals surface area contributed by atoms with E-state index in [-0.39, 0.29) is 6.04 Å². The van der Waals surface area contributed by atoms with Gasteiger partial charge in [0.2, 0.25) is 0 Å². The van der Waals surface area contributed by atoms with Crippen LogP contribution in [0.3, 0.4) is 0 Å². The molecule has 15 heavy (non-hydrogen) atoms. The zero-order chi connectivity index (χ0) is 10.8. The SMILES string of the molecule is CC(N)Cc1nc(-c2ccc(Cl)s2)cs1. The molecule has 5 heteroatoms. The molecule has 2 aromatic rings. The lowest BCUT2D eigenvalue weighted by Gasteiger charge is -1.98. The number of aromatic nitrogens is 1. The second-order valence-electron chi connectivity index (χ2n) is 3.41. The summed E-state index contributed by atoms with van der Waals surface area (Å²) >= 11 is 9.08. The molecule has 0 amide bonds. The molecule has 0 radical (unpaired) electrons. The molecular formula is C10H11ClN2S2. The number of nitrogens with zero attached hydrogens (tertiary/aromatic N) is 1. The van der Waals surface area contributed by atoms with Crippen LogP contribution >= 0.6 is 34.3 Å². The Kier molecular flexibility index (Phi) is 3.41. The van der Waals surface area contributed by atoms with E-state index in [1.54, 1.807) is 22.7 Å². The zero-order valence-corrected chi connectivity index (χ0v) is 10.6. The van der Waals surface area contributed by atoms with Crippen LogP contribution in [0, 0.1) is 0 Å². The fourth-order valence-electron chi connectivity index (χ4n) is 1.25. The monoisotopic (exact) mass is 258 g/mol. The van der Waals surface area contributed by atoms with Crippen molar-refractivity contribution >= 4 is 34.3 Å². The molecule has 0 saturated carbocycles. The lowest BCUT2D eigenvalue weighted by atomic mass is 10.3. The van der Waals surface area contributed by atoms with Gasteiger partial charge < -0.3 is 5.73 Å². The molecule has 0 aliphatic heterocycles. The standard InChI is InChI=1S/C10H11ClN2S2/c1-6(12)4-10-13-7(5-14-10)8-2-3-9(11)15-8/h2-3,5-6H,4,12H2,1H3. The van der Waals surface area contributed by atoms with E-state index in [2.05, 4.69) is 10.4 Å². The maximum Gasteiger partial charge on any atom is 0.0948 e. The topological polar surface area (TPSA) is 38.9 Å². The second kappa shape index (κ2) is 4.61. The highest BCUT2D eigenvalue weighted by Crippen LogP contribution is 2.31. The molecule has 0 aliphatic carbocycles. The van der Waals surface area contributed by atoms with Crippen LogP contribution in [0.2, 0.25) is 4.34 Å². The minimum atomic E-state index is 0.163. The van der Waals surface area contributed by atoms with Gasteiger partial charge in [-0.2, -0.15) is 0 Å². The number of nitrogens with two attached hydrogens (primary N) is 1. The molecule has 80 valence electrons. The first-order chi connectivity index (χ1) is 7.15. The molecule has 2 nitrogen and oxygen atoms in total. The average Bonchev–Trinajstić information content (AvgIpc) is 2.72. The Labute approximate surface area is 102 Å². The van der Waals surface area contributed by atoms with Crippen LogP contribution in [0.25, 0.3) is 10.6 Å². The van der Waals surface area contributed by atoms with Crippen molar-refractivity contribution in [1.29, 1.82) is 0 Å². The van der Waals surface area contributed by atoms with E-state index in [0.29, 0.717) is 0 Å². The van der Waals surface area contributed by atoms with Gasteiger partial charge in [0.05, 0.1) is 19.9 Å². The van der Waals surface area contributed by atoms with Crippen molar-refractivity contribution in [3.8, 4) is 10.6 Å². The van der Waals surface area contributed by atoms with Gasteiger partial charge in [-0.05, 0) is 19.1 Å². The molecule has 1 atom stereocenters. The van der Waals surface area contributed by atoms with E-state index in [1.807, 2.05) is 19.1 Å². The van der Waals surface area contributed by atoms with E-state index in [0.717, 1.165) is 26.3 Å². The predicted molar refractivity (Wildman–Crippen MR) is 67.8 cm³/mol. The molecule has 0 spiro atoms. The van der Waals surface area contributed by atoms with Crippen molar-refractivity contribution in [1.82, 2.24) is 4.98 Å². The fraction of sp³-hybridized carbons (Fsp3) is 0.300. The van der Waals surface area contributed by atoms with Crippen LogP contribution in [-0.4, -0.2) is 11.0 Å². The average molecular weight is 259 g/mol. The van der Waals surface area contributed by atoms with Crippen LogP contribution < -0.4 is 5.73 Å². The minimum absolute atomic E-state index is 0.163. The van der Waals surface area contributed by atoms with Crippen LogP contribution in [0.15, 0.2) is 17.5 Å². The van der Waals surface area contributed by atoms with Gasteiger partial charge in [0, 0.05) is 17.8 Å². The van der Waals surface area contributed by atoms with Crippen LogP contribution in [0.5, 0.6) is 0 Å². The summed E-state index contributed by atoms with van der Waals surface area (Å²) in [7, 11) is 0. The van der Waals surface area contributed by atoms with Crippen LogP contribution in [-0.2, 0) is 6.42 Å². The highest BCUT2D eigenvalue weighted by molar-refractivity contribution is 7.19. The number of hydrogen-bond donors (Lipinski definition) is 1. The number of thiophene rings is 1. The molecule has 0 bridgehead atoms. The van der Waals surface area contributed by atoms with Crippen molar-refractivity contribution < 1.29 is 0 Å². The van der Waals surface area contributed by atoms with Crippen LogP contribution in [0.4, 0.5) is 0 Å². The van der Waals surface area contributed by atoms with Gasteiger partial charge in [-0.15, -0.1) is 22.7 Å². The first kappa shape index (κ1) is 11.1. The fourth-order valence-corrected chi connectivity index (χ4v) is 3.26. The highest BCUT2D eigenvalue weighted by atomic mass is 35.5. The van der Waals surface area contributed by atoms with Crippen molar-refractivity contribution in [3.63, 3.8) is 0 Å². The van der Waals surface area contributed by atoms with Crippen LogP contribution in [0.1, 0.15) is 11.9 Å². The summed E-state index contributed by atoms with van der Waals surface area (Å²) in [5.74, 6) is 0. The summed E-state index contributed by atoms with van der Waals surface area (Å²) in [4.78, 5) is 5.64. The maximum atomic E-state index is 5.88. The Morgan fingerprint density at radius 2 is 2.33 bits per heavy atom. The molecule has 0 aromatic carbocycles. The number of rotatable bonds is 3. The second-order valence-corrected chi connectivity index (χ2v) is 6.07. The molecule has 2 rings (SSSR count). The number of halogens is 1. The normalized spacial score (nSPS) is 13.0. The van der Waals surface area contributed by atoms with Gasteiger partial charge >= 0.3 is 0 Å². The molecular weight excluding hydrogens is 248 g/mol. The van der Waals surface area contributed by atoms with Gasteiger partial charge in [-0.3, -0.25) is 0 Å². The molecule has 0 saturated heterocycles. The Hall–Kier alpha value is -0.420. The molecule has 1 unspecified atom stereocenters. The Balaban J connectivity index is 2.20. The molecule has 0 aliphatic rings. The summed E-state index contributed by atoms with van der Waals surface area (Å²) in [6, 6.07) is 4.06. The van der Waals surface area contributed by atoms with Crippen molar-refractivity contribution in [2.45, 2.75) is 19.4 Å². The molecule has 2 heterocycles. The lowest BCUT2D eigenvalue weighted by Crippen LogP contribution is -2.17. The van der Waals surface area contributed by atoms with E-state index in [9.17, 15) is 0 Å². The van der Waals surface area contributed by atoms with Gasteiger partial charge in [-0.25, -0.2) is 4.98 Å². The molecule has 0 fully saturated rings. The quantitative estimate of drug-likeness (QED) is 0.916. The van der Waals surface area contributed by atoms with Crippen molar-refractivity contribution in [2.24, 2.45) is 5.73 Å². The number of thiazole rings is 1. The first-order valence-corrected chi connectivity index (χ1v) is 6.68. The Morgan fingerprint density at radius 1 is 1.53 bits per heavy atom. The van der Waals surface area contributed by atoms with Crippen molar-refractivity contribution in [2.75, 3.05) is 0 Å². The summed E-state index contributed by atoms with van der Waals surface area (Å²) in [6.45, 7) is 1.99. The third-order valence-electron chi connectivity index (χ3n) is 1.87. The summed E-state index contributed by atoms with van der Waals surface area (Å²) in [6.07, 6.45) is 0.837. The third kappa shape index (κ3) is 2.78. The van der Waals surface area contributed by atoms with Gasteiger partial charge in [0.1, 0.15) is 0 Å². The van der Waals surface area contributed by atoms with Gasteiger partial charge in [0.25, 0.3) is 0 Å².